The molecule has 0 saturated carbocycles. The van der Waals surface area contributed by atoms with E-state index in [9.17, 15) is 14.0 Å². The van der Waals surface area contributed by atoms with E-state index in [1.54, 1.807) is 20.8 Å². The third-order valence-corrected chi connectivity index (χ3v) is 2.10. The summed E-state index contributed by atoms with van der Waals surface area (Å²) in [6.07, 6.45) is 0. The second kappa shape index (κ2) is 4.76. The van der Waals surface area contributed by atoms with Crippen LogP contribution in [0.15, 0.2) is 12.1 Å². The van der Waals surface area contributed by atoms with Gasteiger partial charge in [-0.05, 0) is 39.8 Å². The fourth-order valence-electron chi connectivity index (χ4n) is 1.51. The number of carbonyl (C=O) groups excluding carboxylic acids is 2. The lowest BCUT2D eigenvalue weighted by atomic mass is 10.0. The first-order valence-corrected chi connectivity index (χ1v) is 5.45. The van der Waals surface area contributed by atoms with Crippen LogP contribution in [0.1, 0.15) is 48.4 Å². The van der Waals surface area contributed by atoms with Gasteiger partial charge in [0.05, 0.1) is 11.1 Å². The normalized spacial score (nSPS) is 11.2. The molecule has 18 heavy (non-hydrogen) atoms. The highest BCUT2D eigenvalue weighted by Gasteiger charge is 2.24. The van der Waals surface area contributed by atoms with Crippen LogP contribution in [-0.2, 0) is 4.74 Å². The monoisotopic (exact) mass is 253 g/mol. The third-order valence-electron chi connectivity index (χ3n) is 2.10. The van der Waals surface area contributed by atoms with Crippen molar-refractivity contribution in [2.75, 3.05) is 5.73 Å². The standard InChI is InChI=1S/C13H16FNO3/c1-7(16)11-9(5-8(14)6-10(11)15)12(17)18-13(2,3)4/h5-6H,15H2,1-4H3. The van der Waals surface area contributed by atoms with Gasteiger partial charge in [-0.3, -0.25) is 4.79 Å². The molecule has 0 radical (unpaired) electrons. The number of rotatable bonds is 2. The van der Waals surface area contributed by atoms with Crippen molar-refractivity contribution in [3.63, 3.8) is 0 Å². The minimum atomic E-state index is -0.765. The zero-order valence-electron chi connectivity index (χ0n) is 10.8. The number of nitrogen functional groups attached to an aromatic ring is 1. The van der Waals surface area contributed by atoms with E-state index >= 15 is 0 Å². The van der Waals surface area contributed by atoms with E-state index < -0.39 is 23.2 Å². The molecule has 2 N–H and O–H groups in total. The minimum absolute atomic E-state index is 0.00866. The number of esters is 1. The number of anilines is 1. The van der Waals surface area contributed by atoms with Gasteiger partial charge in [0.2, 0.25) is 0 Å². The second-order valence-electron chi connectivity index (χ2n) is 4.98. The molecule has 4 nitrogen and oxygen atoms in total. The fourth-order valence-corrected chi connectivity index (χ4v) is 1.51. The molecule has 0 amide bonds. The molecule has 0 aliphatic rings. The molecule has 0 unspecified atom stereocenters. The van der Waals surface area contributed by atoms with Crippen molar-refractivity contribution < 1.29 is 18.7 Å². The lowest BCUT2D eigenvalue weighted by Gasteiger charge is -2.20. The molecule has 0 saturated heterocycles. The molecule has 0 heterocycles. The lowest BCUT2D eigenvalue weighted by Crippen LogP contribution is -2.25. The van der Waals surface area contributed by atoms with Crippen molar-refractivity contribution in [2.45, 2.75) is 33.3 Å². The SMILES string of the molecule is CC(=O)c1c(N)cc(F)cc1C(=O)OC(C)(C)C. The van der Waals surface area contributed by atoms with Gasteiger partial charge in [-0.15, -0.1) is 0 Å². The van der Waals surface area contributed by atoms with Crippen LogP contribution in [0.25, 0.3) is 0 Å². The molecule has 5 heteroatoms. The quantitative estimate of drug-likeness (QED) is 0.499. The number of nitrogens with two attached hydrogens (primary N) is 1. The van der Waals surface area contributed by atoms with Gasteiger partial charge < -0.3 is 10.5 Å². The number of ketones is 1. The zero-order chi connectivity index (χ0) is 14.1. The van der Waals surface area contributed by atoms with Crippen LogP contribution in [0.3, 0.4) is 0 Å². The first-order valence-electron chi connectivity index (χ1n) is 5.45. The summed E-state index contributed by atoms with van der Waals surface area (Å²) in [6.45, 7) is 6.31. The molecule has 0 fully saturated rings. The maximum atomic E-state index is 13.3. The molecule has 0 atom stereocenters. The van der Waals surface area contributed by atoms with Crippen LogP contribution in [0, 0.1) is 5.82 Å². The zero-order valence-corrected chi connectivity index (χ0v) is 10.8. The Bertz CT molecular complexity index is 504. The summed E-state index contributed by atoms with van der Waals surface area (Å²) in [5.74, 6) is -1.86. The van der Waals surface area contributed by atoms with Crippen molar-refractivity contribution in [3.05, 3.63) is 29.1 Å². The van der Waals surface area contributed by atoms with E-state index in [0.29, 0.717) is 0 Å². The molecule has 0 bridgehead atoms. The Kier molecular flexibility index (Phi) is 3.74. The van der Waals surface area contributed by atoms with Gasteiger partial charge in [-0.1, -0.05) is 0 Å². The number of halogens is 1. The summed E-state index contributed by atoms with van der Waals surface area (Å²) in [6, 6.07) is 1.96. The highest BCUT2D eigenvalue weighted by atomic mass is 19.1. The summed E-state index contributed by atoms with van der Waals surface area (Å²) in [5, 5.41) is 0. The Labute approximate surface area is 105 Å². The topological polar surface area (TPSA) is 69.4 Å². The van der Waals surface area contributed by atoms with Gasteiger partial charge >= 0.3 is 5.97 Å². The van der Waals surface area contributed by atoms with E-state index in [4.69, 9.17) is 10.5 Å². The molecule has 0 spiro atoms. The van der Waals surface area contributed by atoms with Crippen LogP contribution in [0.2, 0.25) is 0 Å². The Morgan fingerprint density at radius 2 is 1.83 bits per heavy atom. The Hall–Kier alpha value is -1.91. The van der Waals surface area contributed by atoms with E-state index in [0.717, 1.165) is 12.1 Å². The Balaban J connectivity index is 3.31. The van der Waals surface area contributed by atoms with Crippen LogP contribution < -0.4 is 5.73 Å². The van der Waals surface area contributed by atoms with E-state index in [1.165, 1.54) is 6.92 Å². The van der Waals surface area contributed by atoms with Crippen LogP contribution >= 0.6 is 0 Å². The van der Waals surface area contributed by atoms with Crippen LogP contribution in [0.4, 0.5) is 10.1 Å². The van der Waals surface area contributed by atoms with Gasteiger partial charge in [-0.2, -0.15) is 0 Å². The molecular formula is C13H16FNO3. The maximum Gasteiger partial charge on any atom is 0.339 e. The van der Waals surface area contributed by atoms with Crippen molar-refractivity contribution in [3.8, 4) is 0 Å². The van der Waals surface area contributed by atoms with Crippen LogP contribution in [0.5, 0.6) is 0 Å². The minimum Gasteiger partial charge on any atom is -0.456 e. The molecule has 1 aromatic carbocycles. The summed E-state index contributed by atoms with van der Waals surface area (Å²) in [4.78, 5) is 23.4. The van der Waals surface area contributed by atoms with E-state index in [1.807, 2.05) is 0 Å². The number of hydrogen-bond donors (Lipinski definition) is 1. The molecule has 0 aromatic heterocycles. The predicted molar refractivity (Wildman–Crippen MR) is 66.0 cm³/mol. The lowest BCUT2D eigenvalue weighted by molar-refractivity contribution is 0.00673. The molecule has 0 aliphatic heterocycles. The van der Waals surface area contributed by atoms with E-state index in [2.05, 4.69) is 0 Å². The highest BCUT2D eigenvalue weighted by Crippen LogP contribution is 2.22. The second-order valence-corrected chi connectivity index (χ2v) is 4.98. The Morgan fingerprint density at radius 1 is 1.28 bits per heavy atom. The van der Waals surface area contributed by atoms with Gasteiger partial charge in [-0.25, -0.2) is 9.18 Å². The number of hydrogen-bond acceptors (Lipinski definition) is 4. The van der Waals surface area contributed by atoms with Crippen LogP contribution in [-0.4, -0.2) is 17.4 Å². The molecule has 0 aliphatic carbocycles. The first kappa shape index (κ1) is 14.2. The molecule has 1 rings (SSSR count). The van der Waals surface area contributed by atoms with Crippen molar-refractivity contribution >= 4 is 17.4 Å². The van der Waals surface area contributed by atoms with Gasteiger partial charge in [0.1, 0.15) is 11.4 Å². The van der Waals surface area contributed by atoms with Gasteiger partial charge in [0.25, 0.3) is 0 Å². The van der Waals surface area contributed by atoms with Gasteiger partial charge in [0.15, 0.2) is 5.78 Å². The van der Waals surface area contributed by atoms with Crippen molar-refractivity contribution in [1.29, 1.82) is 0 Å². The highest BCUT2D eigenvalue weighted by molar-refractivity contribution is 6.09. The summed E-state index contributed by atoms with van der Waals surface area (Å²) in [5.41, 5.74) is 4.61. The van der Waals surface area contributed by atoms with Crippen molar-refractivity contribution in [2.24, 2.45) is 0 Å². The molecule has 1 aromatic rings. The third kappa shape index (κ3) is 3.29. The predicted octanol–water partition coefficient (Wildman–Crippen LogP) is 2.57. The first-order chi connectivity index (χ1) is 8.11. The summed E-state index contributed by atoms with van der Waals surface area (Å²) in [7, 11) is 0. The average molecular weight is 253 g/mol. The molecular weight excluding hydrogens is 237 g/mol. The smallest absolute Gasteiger partial charge is 0.339 e. The fraction of sp³-hybridized carbons (Fsp3) is 0.385. The molecule has 98 valence electrons. The number of benzene rings is 1. The number of Topliss-reactive ketones (excluding diaryl/α,β-unsaturated/α-hetero) is 1. The summed E-state index contributed by atoms with van der Waals surface area (Å²) < 4.78 is 18.4. The van der Waals surface area contributed by atoms with E-state index in [-0.39, 0.29) is 16.8 Å². The number of ether oxygens (including phenoxy) is 1. The Morgan fingerprint density at radius 3 is 2.28 bits per heavy atom. The maximum absolute atomic E-state index is 13.3. The largest absolute Gasteiger partial charge is 0.456 e. The van der Waals surface area contributed by atoms with Gasteiger partial charge in [0, 0.05) is 5.69 Å². The average Bonchev–Trinajstić information content (AvgIpc) is 2.12. The van der Waals surface area contributed by atoms with Crippen molar-refractivity contribution in [1.82, 2.24) is 0 Å². The summed E-state index contributed by atoms with van der Waals surface area (Å²) >= 11 is 0. The number of carbonyl (C=O) groups is 2.